The highest BCUT2D eigenvalue weighted by atomic mass is 32.2. The third kappa shape index (κ3) is 1.51. The maximum atomic E-state index is 12.3. The van der Waals surface area contributed by atoms with E-state index in [9.17, 15) is 18.0 Å². The Morgan fingerprint density at radius 2 is 2.00 bits per heavy atom. The first kappa shape index (κ1) is 11.9. The third-order valence-electron chi connectivity index (χ3n) is 3.01. The smallest absolute Gasteiger partial charge is 0.285 e. The maximum Gasteiger partial charge on any atom is 0.285 e. The molecule has 98 valence electrons. The predicted octanol–water partition coefficient (Wildman–Crippen LogP) is 0.901. The summed E-state index contributed by atoms with van der Waals surface area (Å²) in [5.41, 5.74) is 0.620. The Morgan fingerprint density at radius 3 is 2.68 bits per heavy atom. The summed E-state index contributed by atoms with van der Waals surface area (Å²) in [7, 11) is -3.94. The lowest BCUT2D eigenvalue weighted by atomic mass is 10.2. The molecule has 1 aliphatic heterocycles. The van der Waals surface area contributed by atoms with E-state index in [1.807, 2.05) is 0 Å². The van der Waals surface area contributed by atoms with Gasteiger partial charge in [0.05, 0.1) is 6.54 Å². The molecule has 1 aliphatic rings. The minimum Gasteiger partial charge on any atom is -0.349 e. The minimum absolute atomic E-state index is 0.0300. The Labute approximate surface area is 109 Å². The second-order valence-electron chi connectivity index (χ2n) is 4.39. The van der Waals surface area contributed by atoms with Crippen LogP contribution in [-0.4, -0.2) is 35.9 Å². The molecule has 0 aliphatic carbocycles. The van der Waals surface area contributed by atoms with Crippen LogP contribution in [0, 0.1) is 0 Å². The van der Waals surface area contributed by atoms with E-state index in [1.165, 1.54) is 6.92 Å². The van der Waals surface area contributed by atoms with Gasteiger partial charge in [0.1, 0.15) is 16.4 Å². The number of nitrogens with one attached hydrogen (secondary N) is 1. The predicted molar refractivity (Wildman–Crippen MR) is 67.2 cm³/mol. The number of fused-ring (bicyclic) bond motifs is 3. The molecule has 1 aromatic heterocycles. The van der Waals surface area contributed by atoms with E-state index in [-0.39, 0.29) is 16.4 Å². The van der Waals surface area contributed by atoms with Crippen molar-refractivity contribution in [3.63, 3.8) is 0 Å². The van der Waals surface area contributed by atoms with Crippen molar-refractivity contribution < 1.29 is 18.0 Å². The third-order valence-corrected chi connectivity index (χ3v) is 4.83. The summed E-state index contributed by atoms with van der Waals surface area (Å²) >= 11 is 0. The molecule has 3 rings (SSSR count). The van der Waals surface area contributed by atoms with Crippen LogP contribution in [0.5, 0.6) is 0 Å². The van der Waals surface area contributed by atoms with Crippen molar-refractivity contribution in [3.8, 4) is 0 Å². The molecule has 19 heavy (non-hydrogen) atoms. The fraction of sp³-hybridized carbons (Fsp3) is 0.167. The van der Waals surface area contributed by atoms with Crippen LogP contribution in [0.15, 0.2) is 29.2 Å². The van der Waals surface area contributed by atoms with Crippen molar-refractivity contribution in [3.05, 3.63) is 30.0 Å². The molecular weight excluding hydrogens is 268 g/mol. The summed E-state index contributed by atoms with van der Waals surface area (Å²) in [6.07, 6.45) is 0. The zero-order valence-electron chi connectivity index (χ0n) is 10.0. The molecule has 0 saturated heterocycles. The van der Waals surface area contributed by atoms with Gasteiger partial charge in [0.25, 0.3) is 15.9 Å². The number of amides is 1. The van der Waals surface area contributed by atoms with Gasteiger partial charge in [-0.05, 0) is 13.0 Å². The summed E-state index contributed by atoms with van der Waals surface area (Å²) in [6.45, 7) is 0.811. The second kappa shape index (κ2) is 3.67. The van der Waals surface area contributed by atoms with E-state index in [2.05, 4.69) is 4.98 Å². The van der Waals surface area contributed by atoms with Crippen molar-refractivity contribution in [1.82, 2.24) is 9.29 Å². The first-order valence-corrected chi connectivity index (χ1v) is 7.04. The number of aromatic amines is 1. The van der Waals surface area contributed by atoms with Gasteiger partial charge in [-0.25, -0.2) is 12.7 Å². The lowest BCUT2D eigenvalue weighted by Gasteiger charge is -2.13. The standard InChI is InChI=1S/C12H10N2O4S/c1-7(15)6-14-12(16)10-11(19(14,17)18)8-4-2-3-5-9(8)13-10/h2-5,13H,6H2,1H3. The average Bonchev–Trinajstić information content (AvgIpc) is 2.81. The van der Waals surface area contributed by atoms with Gasteiger partial charge in [-0.15, -0.1) is 0 Å². The Balaban J connectivity index is 2.29. The van der Waals surface area contributed by atoms with Crippen LogP contribution in [-0.2, 0) is 14.8 Å². The topological polar surface area (TPSA) is 87.3 Å². The van der Waals surface area contributed by atoms with E-state index < -0.39 is 22.5 Å². The number of hydrogen-bond donors (Lipinski definition) is 1. The monoisotopic (exact) mass is 278 g/mol. The van der Waals surface area contributed by atoms with Crippen LogP contribution >= 0.6 is 0 Å². The molecule has 7 heteroatoms. The number of rotatable bonds is 2. The van der Waals surface area contributed by atoms with E-state index in [1.54, 1.807) is 24.3 Å². The van der Waals surface area contributed by atoms with Crippen molar-refractivity contribution in [2.24, 2.45) is 0 Å². The van der Waals surface area contributed by atoms with Crippen LogP contribution in [0.4, 0.5) is 0 Å². The molecule has 0 spiro atoms. The van der Waals surface area contributed by atoms with Gasteiger partial charge in [0.15, 0.2) is 0 Å². The number of para-hydroxylation sites is 1. The molecule has 0 fully saturated rings. The van der Waals surface area contributed by atoms with E-state index in [4.69, 9.17) is 0 Å². The summed E-state index contributed by atoms with van der Waals surface area (Å²) < 4.78 is 25.3. The van der Waals surface area contributed by atoms with E-state index in [0.717, 1.165) is 0 Å². The molecule has 0 atom stereocenters. The lowest BCUT2D eigenvalue weighted by Crippen LogP contribution is -2.34. The number of benzene rings is 1. The van der Waals surface area contributed by atoms with Gasteiger partial charge in [0.2, 0.25) is 0 Å². The fourth-order valence-electron chi connectivity index (χ4n) is 2.24. The highest BCUT2D eigenvalue weighted by Crippen LogP contribution is 2.35. The quantitative estimate of drug-likeness (QED) is 0.884. The summed E-state index contributed by atoms with van der Waals surface area (Å²) in [5, 5.41) is 0.469. The number of carbonyl (C=O) groups excluding carboxylic acids is 2. The Hall–Kier alpha value is -2.15. The highest BCUT2D eigenvalue weighted by Gasteiger charge is 2.44. The average molecular weight is 278 g/mol. The largest absolute Gasteiger partial charge is 0.349 e. The minimum atomic E-state index is -3.94. The van der Waals surface area contributed by atoms with Crippen molar-refractivity contribution in [2.45, 2.75) is 11.8 Å². The number of nitrogens with zero attached hydrogens (tertiary/aromatic N) is 1. The van der Waals surface area contributed by atoms with Crippen LogP contribution in [0.25, 0.3) is 10.9 Å². The van der Waals surface area contributed by atoms with Crippen LogP contribution in [0.1, 0.15) is 17.4 Å². The number of carbonyl (C=O) groups is 2. The van der Waals surface area contributed by atoms with Crippen LogP contribution in [0.2, 0.25) is 0 Å². The molecule has 0 radical (unpaired) electrons. The highest BCUT2D eigenvalue weighted by molar-refractivity contribution is 7.90. The first-order chi connectivity index (χ1) is 8.93. The van der Waals surface area contributed by atoms with Gasteiger partial charge >= 0.3 is 0 Å². The molecule has 0 bridgehead atoms. The molecule has 0 unspecified atom stereocenters. The number of hydrogen-bond acceptors (Lipinski definition) is 4. The van der Waals surface area contributed by atoms with Gasteiger partial charge in [-0.3, -0.25) is 9.59 Å². The molecule has 2 aromatic rings. The van der Waals surface area contributed by atoms with Gasteiger partial charge in [-0.1, -0.05) is 18.2 Å². The van der Waals surface area contributed by atoms with Gasteiger partial charge in [-0.2, -0.15) is 0 Å². The van der Waals surface area contributed by atoms with Crippen molar-refractivity contribution >= 4 is 32.6 Å². The van der Waals surface area contributed by atoms with Crippen LogP contribution < -0.4 is 0 Å². The molecule has 1 amide bonds. The van der Waals surface area contributed by atoms with E-state index >= 15 is 0 Å². The summed E-state index contributed by atoms with van der Waals surface area (Å²) in [4.78, 5) is 26.0. The number of sulfonamides is 1. The lowest BCUT2D eigenvalue weighted by molar-refractivity contribution is -0.116. The van der Waals surface area contributed by atoms with E-state index in [0.29, 0.717) is 15.2 Å². The fourth-order valence-corrected chi connectivity index (χ4v) is 3.97. The zero-order valence-corrected chi connectivity index (χ0v) is 10.8. The Bertz CT molecular complexity index is 819. The normalized spacial score (nSPS) is 16.9. The Kier molecular flexibility index (Phi) is 2.30. The number of H-pyrrole nitrogens is 1. The van der Waals surface area contributed by atoms with Gasteiger partial charge in [0, 0.05) is 10.9 Å². The van der Waals surface area contributed by atoms with Crippen molar-refractivity contribution in [2.75, 3.05) is 6.54 Å². The second-order valence-corrected chi connectivity index (χ2v) is 6.19. The Morgan fingerprint density at radius 1 is 1.32 bits per heavy atom. The first-order valence-electron chi connectivity index (χ1n) is 5.60. The van der Waals surface area contributed by atoms with Crippen LogP contribution in [0.3, 0.4) is 0 Å². The molecule has 2 heterocycles. The van der Waals surface area contributed by atoms with Gasteiger partial charge < -0.3 is 4.98 Å². The zero-order chi connectivity index (χ0) is 13.8. The summed E-state index contributed by atoms with van der Waals surface area (Å²) in [5.74, 6) is -1.06. The SMILES string of the molecule is CC(=O)CN1C(=O)c2[nH]c3ccccc3c2S1(=O)=O. The maximum absolute atomic E-state index is 12.3. The summed E-state index contributed by atoms with van der Waals surface area (Å²) in [6, 6.07) is 6.78. The molecule has 1 aromatic carbocycles. The molecule has 6 nitrogen and oxygen atoms in total. The number of aromatic nitrogens is 1. The van der Waals surface area contributed by atoms with Crippen molar-refractivity contribution in [1.29, 1.82) is 0 Å². The number of ketones is 1. The molecular formula is C12H10N2O4S. The number of Topliss-reactive ketones (excluding diaryl/α,β-unsaturated/α-hetero) is 1. The molecule has 1 N–H and O–H groups in total. The molecule has 0 saturated carbocycles.